The van der Waals surface area contributed by atoms with Crippen LogP contribution in [0.5, 0.6) is 0 Å². The van der Waals surface area contributed by atoms with E-state index in [4.69, 9.17) is 4.98 Å². The van der Waals surface area contributed by atoms with E-state index in [1.165, 1.54) is 48.1 Å². The minimum Gasteiger partial charge on any atom is -0.423 e. The number of hydrogen-bond donors (Lipinski definition) is 0. The Morgan fingerprint density at radius 1 is 0.510 bits per heavy atom. The Labute approximate surface area is 308 Å². The Hall–Kier alpha value is -5.11. The van der Waals surface area contributed by atoms with E-state index in [1.807, 2.05) is 29.7 Å². The minimum atomic E-state index is -0.488. The van der Waals surface area contributed by atoms with Crippen LogP contribution in [0.4, 0.5) is 0 Å². The van der Waals surface area contributed by atoms with Gasteiger partial charge >= 0.3 is 27.9 Å². The van der Waals surface area contributed by atoms with Crippen molar-refractivity contribution in [3.63, 3.8) is 0 Å². The summed E-state index contributed by atoms with van der Waals surface area (Å²) in [6.07, 6.45) is 26.3. The molecular formula is C40H29B4N5S2. The molecule has 1 saturated heterocycles. The van der Waals surface area contributed by atoms with Gasteiger partial charge in [0, 0.05) is 26.4 Å². The molecule has 0 atom stereocenters. The number of allylic oxidation sites excluding steroid dienone is 8. The molecule has 11 rings (SSSR count). The average Bonchev–Trinajstić information content (AvgIpc) is 3.20. The van der Waals surface area contributed by atoms with E-state index in [9.17, 15) is 0 Å². The summed E-state index contributed by atoms with van der Waals surface area (Å²) in [5, 5.41) is 1.07. The topological polar surface area (TPSA) is 25.9 Å². The van der Waals surface area contributed by atoms with Crippen molar-refractivity contribution in [2.45, 2.75) is 25.1 Å². The molecule has 4 aromatic rings. The quantitative estimate of drug-likeness (QED) is 0.162. The third-order valence-corrected chi connectivity index (χ3v) is 13.4. The fourth-order valence-corrected chi connectivity index (χ4v) is 11.4. The number of hydrogen-bond acceptors (Lipinski definition) is 7. The lowest BCUT2D eigenvalue weighted by Gasteiger charge is -2.53. The molecule has 1 aromatic heterocycles. The van der Waals surface area contributed by atoms with Gasteiger partial charge in [0.15, 0.2) is 0 Å². The van der Waals surface area contributed by atoms with Gasteiger partial charge in [0.2, 0.25) is 0 Å². The van der Waals surface area contributed by atoms with Crippen LogP contribution in [0.25, 0.3) is 5.57 Å². The van der Waals surface area contributed by atoms with Crippen molar-refractivity contribution in [2.24, 2.45) is 0 Å². The van der Waals surface area contributed by atoms with Crippen molar-refractivity contribution >= 4 is 57.0 Å². The zero-order valence-electron chi connectivity index (χ0n) is 27.6. The Bertz CT molecular complexity index is 2290. The first-order valence-electron chi connectivity index (χ1n) is 17.5. The van der Waals surface area contributed by atoms with Crippen LogP contribution in [-0.4, -0.2) is 51.8 Å². The SMILES string of the molecule is C1=CB2N(C=C1)B1C=CC=CN1B1C=C(c3cccc4c3Sc3ncccc3C43c4ccccc4Sc4ccccc43)C=CN1B1C=CC=CN21. The van der Waals surface area contributed by atoms with Gasteiger partial charge in [-0.25, -0.2) is 4.98 Å². The number of pyridine rings is 1. The van der Waals surface area contributed by atoms with E-state index in [0.717, 1.165) is 5.03 Å². The maximum Gasteiger partial charge on any atom is 0.381 e. The van der Waals surface area contributed by atoms with Gasteiger partial charge in [0.25, 0.3) is 0 Å². The van der Waals surface area contributed by atoms with E-state index >= 15 is 0 Å². The first kappa shape index (κ1) is 29.6. The van der Waals surface area contributed by atoms with Crippen molar-refractivity contribution in [1.82, 2.24) is 23.9 Å². The highest BCUT2D eigenvalue weighted by atomic mass is 32.2. The standard InChI is InChI=1S/C40H29B4N5S2/c1-3-18-36-32(14-1)40(33-15-2-4-19-37(33)50-36)34-16-11-13-31(38(34)51-39-35(40)17-12-24-45-39)30-20-28-49-43-23-6-9-26-47(43)41-21-5-8-25-46(41)42-22-7-10-27-48(42)44(49)29-30/h1-29H. The van der Waals surface area contributed by atoms with Crippen LogP contribution in [0.15, 0.2) is 196 Å². The molecule has 11 heteroatoms. The number of benzene rings is 3. The van der Waals surface area contributed by atoms with Gasteiger partial charge in [-0.15, -0.1) is 0 Å². The molecule has 1 spiro atoms. The molecule has 0 amide bonds. The zero-order chi connectivity index (χ0) is 33.5. The van der Waals surface area contributed by atoms with Crippen molar-refractivity contribution in [1.29, 1.82) is 0 Å². The predicted molar refractivity (Wildman–Crippen MR) is 213 cm³/mol. The average molecular weight is 687 g/mol. The number of nitrogens with zero attached hydrogens (tertiary/aromatic N) is 5. The Kier molecular flexibility index (Phi) is 6.65. The summed E-state index contributed by atoms with van der Waals surface area (Å²) >= 11 is 3.69. The van der Waals surface area contributed by atoms with Gasteiger partial charge in [0.1, 0.15) is 5.03 Å². The van der Waals surface area contributed by atoms with E-state index in [2.05, 4.69) is 189 Å². The highest BCUT2D eigenvalue weighted by molar-refractivity contribution is 8.00. The van der Waals surface area contributed by atoms with Crippen LogP contribution in [-0.2, 0) is 5.41 Å². The highest BCUT2D eigenvalue weighted by Gasteiger charge is 2.52. The first-order valence-corrected chi connectivity index (χ1v) is 19.1. The molecular weight excluding hydrogens is 658 g/mol. The molecule has 5 nitrogen and oxygen atoms in total. The van der Waals surface area contributed by atoms with E-state index < -0.39 is 5.41 Å². The Morgan fingerprint density at radius 2 is 1.08 bits per heavy atom. The number of fused-ring (bicyclic) bond motifs is 16. The smallest absolute Gasteiger partial charge is 0.381 e. The normalized spacial score (nSPS) is 19.4. The lowest BCUT2D eigenvalue weighted by atomic mass is 9.41. The molecule has 0 unspecified atom stereocenters. The summed E-state index contributed by atoms with van der Waals surface area (Å²) in [6.45, 7) is 0.148. The molecule has 0 radical (unpaired) electrons. The number of rotatable bonds is 1. The van der Waals surface area contributed by atoms with Crippen LogP contribution in [0, 0.1) is 0 Å². The third kappa shape index (κ3) is 4.22. The summed E-state index contributed by atoms with van der Waals surface area (Å²) in [4.78, 5) is 8.94. The summed E-state index contributed by atoms with van der Waals surface area (Å²) in [5.41, 5.74) is 7.19. The monoisotopic (exact) mass is 687 g/mol. The Morgan fingerprint density at radius 3 is 1.75 bits per heavy atom. The molecule has 0 bridgehead atoms. The first-order chi connectivity index (χ1) is 25.3. The van der Waals surface area contributed by atoms with E-state index in [1.54, 1.807) is 0 Å². The Balaban J connectivity index is 1.12. The van der Waals surface area contributed by atoms with Gasteiger partial charge in [-0.05, 0) is 95.1 Å². The second kappa shape index (κ2) is 11.5. The lowest BCUT2D eigenvalue weighted by molar-refractivity contribution is 0.622. The lowest BCUT2D eigenvalue weighted by Crippen LogP contribution is -2.73. The predicted octanol–water partition coefficient (Wildman–Crippen LogP) is 7.89. The molecule has 0 saturated carbocycles. The van der Waals surface area contributed by atoms with Crippen molar-refractivity contribution < 1.29 is 0 Å². The molecule has 3 aromatic carbocycles. The second-order valence-electron chi connectivity index (χ2n) is 13.5. The van der Waals surface area contributed by atoms with Gasteiger partial charge in [-0.1, -0.05) is 126 Å². The second-order valence-corrected chi connectivity index (χ2v) is 15.6. The van der Waals surface area contributed by atoms with Crippen LogP contribution in [0.3, 0.4) is 0 Å². The molecule has 7 aliphatic rings. The summed E-state index contributed by atoms with van der Waals surface area (Å²) < 4.78 is 9.91. The largest absolute Gasteiger partial charge is 0.423 e. The highest BCUT2D eigenvalue weighted by Crippen LogP contribution is 2.62. The maximum atomic E-state index is 5.07. The molecule has 0 aliphatic carbocycles. The van der Waals surface area contributed by atoms with Gasteiger partial charge in [0.05, 0.1) is 5.41 Å². The summed E-state index contributed by atoms with van der Waals surface area (Å²) in [7, 11) is 0. The van der Waals surface area contributed by atoms with E-state index in [0.29, 0.717) is 0 Å². The van der Waals surface area contributed by atoms with Gasteiger partial charge < -0.3 is 18.9 Å². The van der Waals surface area contributed by atoms with Crippen LogP contribution >= 0.6 is 23.5 Å². The molecule has 1 fully saturated rings. The molecule has 238 valence electrons. The fraction of sp³-hybridized carbons (Fsp3) is 0.0250. The molecule has 8 heterocycles. The van der Waals surface area contributed by atoms with Crippen LogP contribution in [0.1, 0.15) is 27.8 Å². The molecule has 0 N–H and O–H groups in total. The summed E-state index contributed by atoms with van der Waals surface area (Å²) in [5.74, 6) is 9.39. The van der Waals surface area contributed by atoms with E-state index in [-0.39, 0.29) is 27.9 Å². The zero-order valence-corrected chi connectivity index (χ0v) is 29.2. The maximum absolute atomic E-state index is 5.07. The van der Waals surface area contributed by atoms with Gasteiger partial charge in [-0.2, -0.15) is 0 Å². The van der Waals surface area contributed by atoms with Crippen molar-refractivity contribution in [3.05, 3.63) is 204 Å². The van der Waals surface area contributed by atoms with Gasteiger partial charge in [-0.3, -0.25) is 0 Å². The van der Waals surface area contributed by atoms with Crippen LogP contribution in [0.2, 0.25) is 0 Å². The third-order valence-electron chi connectivity index (χ3n) is 11.1. The summed E-state index contributed by atoms with van der Waals surface area (Å²) in [6, 6.07) is 29.3. The minimum absolute atomic E-state index is 0.0311. The fourth-order valence-electron chi connectivity index (χ4n) is 8.96. The molecule has 7 aliphatic heterocycles. The van der Waals surface area contributed by atoms with Crippen molar-refractivity contribution in [3.8, 4) is 0 Å². The number of aromatic nitrogens is 1. The molecule has 51 heavy (non-hydrogen) atoms. The van der Waals surface area contributed by atoms with Crippen LogP contribution < -0.4 is 0 Å². The van der Waals surface area contributed by atoms with Crippen molar-refractivity contribution in [2.75, 3.05) is 0 Å².